The third-order valence-corrected chi connectivity index (χ3v) is 6.15. The highest BCUT2D eigenvalue weighted by atomic mass is 32.1. The molecule has 5 nitrogen and oxygen atoms in total. The third-order valence-electron chi connectivity index (χ3n) is 5.25. The van der Waals surface area contributed by atoms with Gasteiger partial charge in [-0.1, -0.05) is 24.3 Å². The smallest absolute Gasteiger partial charge is 0.416 e. The van der Waals surface area contributed by atoms with Crippen molar-refractivity contribution < 1.29 is 22.7 Å². The van der Waals surface area contributed by atoms with E-state index in [1.165, 1.54) is 17.4 Å². The highest BCUT2D eigenvalue weighted by Crippen LogP contribution is 2.30. The molecule has 0 N–H and O–H groups in total. The Labute approximate surface area is 188 Å². The van der Waals surface area contributed by atoms with Crippen molar-refractivity contribution in [1.82, 2.24) is 14.8 Å². The lowest BCUT2D eigenvalue weighted by Gasteiger charge is -2.31. The number of carbonyl (C=O) groups excluding carboxylic acids is 1. The zero-order chi connectivity index (χ0) is 22.7. The summed E-state index contributed by atoms with van der Waals surface area (Å²) in [7, 11) is 2.03. The summed E-state index contributed by atoms with van der Waals surface area (Å²) in [5.74, 6) is 0.444. The van der Waals surface area contributed by atoms with Crippen LogP contribution in [0.1, 0.15) is 21.6 Å². The molecule has 3 aromatic rings. The number of hydrogen-bond acceptors (Lipinski definition) is 5. The fraction of sp³-hybridized carbons (Fsp3) is 0.304. The van der Waals surface area contributed by atoms with E-state index in [0.29, 0.717) is 35.1 Å². The Morgan fingerprint density at radius 3 is 2.59 bits per heavy atom. The summed E-state index contributed by atoms with van der Waals surface area (Å²) in [5.41, 5.74) is 0.936. The topological polar surface area (TPSA) is 45.7 Å². The average Bonchev–Trinajstić information content (AvgIpc) is 3.28. The number of rotatable bonds is 5. The van der Waals surface area contributed by atoms with Gasteiger partial charge in [0.15, 0.2) is 0 Å². The average molecular weight is 462 g/mol. The number of nitrogens with zero attached hydrogens (tertiary/aromatic N) is 3. The van der Waals surface area contributed by atoms with E-state index in [1.807, 2.05) is 18.0 Å². The normalized spacial score (nSPS) is 15.1. The first kappa shape index (κ1) is 22.3. The molecule has 0 spiro atoms. The Morgan fingerprint density at radius 1 is 1.09 bits per heavy atom. The van der Waals surface area contributed by atoms with Crippen LogP contribution < -0.4 is 4.74 Å². The molecule has 2 heterocycles. The molecule has 168 valence electrons. The van der Waals surface area contributed by atoms with Crippen LogP contribution in [-0.4, -0.2) is 53.9 Å². The fourth-order valence-electron chi connectivity index (χ4n) is 3.40. The number of benzene rings is 2. The summed E-state index contributed by atoms with van der Waals surface area (Å²) in [6, 6.07) is 12.2. The second-order valence-corrected chi connectivity index (χ2v) is 8.51. The largest absolute Gasteiger partial charge is 0.489 e. The first-order valence-electron chi connectivity index (χ1n) is 10.1. The molecule has 0 saturated carbocycles. The second kappa shape index (κ2) is 9.30. The van der Waals surface area contributed by atoms with Gasteiger partial charge in [-0.15, -0.1) is 11.3 Å². The summed E-state index contributed by atoms with van der Waals surface area (Å²) in [5, 5.41) is 2.44. The zero-order valence-electron chi connectivity index (χ0n) is 17.4. The molecule has 0 aliphatic carbocycles. The van der Waals surface area contributed by atoms with Gasteiger partial charge in [0.2, 0.25) is 0 Å². The Kier molecular flexibility index (Phi) is 6.48. The van der Waals surface area contributed by atoms with Crippen LogP contribution in [0.3, 0.4) is 0 Å². The molecule has 4 rings (SSSR count). The van der Waals surface area contributed by atoms with Gasteiger partial charge in [0.1, 0.15) is 23.1 Å². The summed E-state index contributed by atoms with van der Waals surface area (Å²) in [6.45, 7) is 3.06. The van der Waals surface area contributed by atoms with Gasteiger partial charge in [0.25, 0.3) is 5.91 Å². The van der Waals surface area contributed by atoms with Gasteiger partial charge in [-0.25, -0.2) is 4.98 Å². The number of aromatic nitrogens is 1. The van der Waals surface area contributed by atoms with E-state index in [1.54, 1.807) is 29.6 Å². The first-order valence-corrected chi connectivity index (χ1v) is 11.0. The van der Waals surface area contributed by atoms with Gasteiger partial charge in [-0.05, 0) is 36.9 Å². The van der Waals surface area contributed by atoms with Crippen LogP contribution in [0, 0.1) is 0 Å². The maximum Gasteiger partial charge on any atom is 0.416 e. The van der Waals surface area contributed by atoms with Crippen LogP contribution in [0.2, 0.25) is 0 Å². The standard InChI is InChI=1S/C23H22F3N3O2S/c1-28-8-10-29(11-9-28)22(30)20-15-32-21(27-20)17-5-3-7-19(13-17)31-14-16-4-2-6-18(12-16)23(24,25)26/h2-7,12-13,15H,8-11,14H2,1H3. The van der Waals surface area contributed by atoms with E-state index in [4.69, 9.17) is 4.74 Å². The highest BCUT2D eigenvalue weighted by Gasteiger charge is 2.30. The van der Waals surface area contributed by atoms with Crippen molar-refractivity contribution in [2.75, 3.05) is 33.2 Å². The van der Waals surface area contributed by atoms with Crippen LogP contribution in [0.25, 0.3) is 10.6 Å². The van der Waals surface area contributed by atoms with Crippen LogP contribution in [0.4, 0.5) is 13.2 Å². The van der Waals surface area contributed by atoms with Gasteiger partial charge >= 0.3 is 6.18 Å². The molecule has 2 aromatic carbocycles. The Balaban J connectivity index is 1.43. The van der Waals surface area contributed by atoms with Gasteiger partial charge in [0.05, 0.1) is 5.56 Å². The Morgan fingerprint density at radius 2 is 1.84 bits per heavy atom. The number of hydrogen-bond donors (Lipinski definition) is 0. The van der Waals surface area contributed by atoms with Crippen molar-refractivity contribution in [1.29, 1.82) is 0 Å². The molecule has 1 aliphatic rings. The summed E-state index contributed by atoms with van der Waals surface area (Å²) in [4.78, 5) is 21.2. The molecule has 1 aliphatic heterocycles. The van der Waals surface area contributed by atoms with Crippen molar-refractivity contribution in [2.24, 2.45) is 0 Å². The first-order chi connectivity index (χ1) is 15.3. The molecule has 1 amide bonds. The molecule has 0 radical (unpaired) electrons. The van der Waals surface area contributed by atoms with Crippen LogP contribution in [0.15, 0.2) is 53.9 Å². The summed E-state index contributed by atoms with van der Waals surface area (Å²) >= 11 is 1.37. The number of alkyl halides is 3. The maximum absolute atomic E-state index is 12.9. The summed E-state index contributed by atoms with van der Waals surface area (Å²) in [6.07, 6.45) is -4.39. The lowest BCUT2D eigenvalue weighted by molar-refractivity contribution is -0.137. The Hall–Kier alpha value is -2.91. The minimum Gasteiger partial charge on any atom is -0.489 e. The molecule has 9 heteroatoms. The third kappa shape index (κ3) is 5.28. The predicted molar refractivity (Wildman–Crippen MR) is 117 cm³/mol. The minimum absolute atomic E-state index is 0.0123. The Bertz CT molecular complexity index is 1090. The van der Waals surface area contributed by atoms with Crippen molar-refractivity contribution in [3.63, 3.8) is 0 Å². The monoisotopic (exact) mass is 461 g/mol. The number of thiazole rings is 1. The molecule has 0 atom stereocenters. The number of amides is 1. The van der Waals surface area contributed by atoms with Gasteiger partial charge in [-0.2, -0.15) is 13.2 Å². The van der Waals surface area contributed by atoms with E-state index in [0.717, 1.165) is 30.8 Å². The van der Waals surface area contributed by atoms with E-state index in [-0.39, 0.29) is 12.5 Å². The van der Waals surface area contributed by atoms with E-state index >= 15 is 0 Å². The zero-order valence-corrected chi connectivity index (χ0v) is 18.2. The molecule has 1 saturated heterocycles. The minimum atomic E-state index is -4.39. The van der Waals surface area contributed by atoms with Crippen LogP contribution >= 0.6 is 11.3 Å². The second-order valence-electron chi connectivity index (χ2n) is 7.65. The number of carbonyl (C=O) groups is 1. The van der Waals surface area contributed by atoms with Crippen LogP contribution in [-0.2, 0) is 12.8 Å². The van der Waals surface area contributed by atoms with E-state index < -0.39 is 11.7 Å². The fourth-order valence-corrected chi connectivity index (χ4v) is 4.19. The predicted octanol–water partition coefficient (Wildman–Crippen LogP) is 4.80. The quantitative estimate of drug-likeness (QED) is 0.548. The molecule has 1 fully saturated rings. The summed E-state index contributed by atoms with van der Waals surface area (Å²) < 4.78 is 44.4. The van der Waals surface area contributed by atoms with E-state index in [9.17, 15) is 18.0 Å². The van der Waals surface area contributed by atoms with Crippen LogP contribution in [0.5, 0.6) is 5.75 Å². The van der Waals surface area contributed by atoms with Gasteiger partial charge < -0.3 is 14.5 Å². The van der Waals surface area contributed by atoms with Crippen molar-refractivity contribution in [2.45, 2.75) is 12.8 Å². The number of likely N-dealkylation sites (N-methyl/N-ethyl adjacent to an activating group) is 1. The number of halogens is 3. The molecular weight excluding hydrogens is 439 g/mol. The maximum atomic E-state index is 12.9. The number of ether oxygens (including phenoxy) is 1. The molecule has 32 heavy (non-hydrogen) atoms. The molecule has 0 unspecified atom stereocenters. The van der Waals surface area contributed by atoms with Gasteiger partial charge in [0, 0.05) is 37.1 Å². The molecule has 1 aromatic heterocycles. The van der Waals surface area contributed by atoms with Crippen molar-refractivity contribution >= 4 is 17.2 Å². The molecule has 0 bridgehead atoms. The molecular formula is C23H22F3N3O2S. The SMILES string of the molecule is CN1CCN(C(=O)c2csc(-c3cccc(OCc4cccc(C(F)(F)F)c4)c3)n2)CC1. The van der Waals surface area contributed by atoms with Crippen molar-refractivity contribution in [3.8, 4) is 16.3 Å². The lowest BCUT2D eigenvalue weighted by atomic mass is 10.1. The van der Waals surface area contributed by atoms with E-state index in [2.05, 4.69) is 9.88 Å². The van der Waals surface area contributed by atoms with Crippen molar-refractivity contribution in [3.05, 3.63) is 70.7 Å². The lowest BCUT2D eigenvalue weighted by Crippen LogP contribution is -2.47. The van der Waals surface area contributed by atoms with Gasteiger partial charge in [-0.3, -0.25) is 4.79 Å². The number of piperazine rings is 1. The highest BCUT2D eigenvalue weighted by molar-refractivity contribution is 7.13.